The third-order valence-corrected chi connectivity index (χ3v) is 6.67. The van der Waals surface area contributed by atoms with Gasteiger partial charge in [-0.2, -0.15) is 5.10 Å². The highest BCUT2D eigenvalue weighted by Gasteiger charge is 2.27. The molecule has 0 saturated carbocycles. The molecular formula is C19H19N3O2S2. The molecular weight excluding hydrogens is 366 g/mol. The highest BCUT2D eigenvalue weighted by Crippen LogP contribution is 2.40. The van der Waals surface area contributed by atoms with Crippen LogP contribution in [0.25, 0.3) is 0 Å². The first-order valence-corrected chi connectivity index (χ1v) is 10.4. The van der Waals surface area contributed by atoms with Crippen molar-refractivity contribution in [3.63, 3.8) is 0 Å². The van der Waals surface area contributed by atoms with Gasteiger partial charge in [0.2, 0.25) is 5.78 Å². The molecule has 1 N–H and O–H groups in total. The van der Waals surface area contributed by atoms with Crippen molar-refractivity contribution in [3.8, 4) is 0 Å². The van der Waals surface area contributed by atoms with E-state index in [9.17, 15) is 9.59 Å². The minimum atomic E-state index is -0.219. The van der Waals surface area contributed by atoms with Crippen LogP contribution in [0.2, 0.25) is 0 Å². The van der Waals surface area contributed by atoms with E-state index in [2.05, 4.69) is 10.4 Å². The van der Waals surface area contributed by atoms with Crippen LogP contribution < -0.4 is 5.32 Å². The number of ketones is 1. The van der Waals surface area contributed by atoms with Gasteiger partial charge in [0.1, 0.15) is 5.00 Å². The van der Waals surface area contributed by atoms with E-state index in [1.165, 1.54) is 16.2 Å². The fourth-order valence-electron chi connectivity index (χ4n) is 3.25. The van der Waals surface area contributed by atoms with Gasteiger partial charge in [-0.25, -0.2) is 0 Å². The van der Waals surface area contributed by atoms with Crippen LogP contribution >= 0.6 is 22.7 Å². The van der Waals surface area contributed by atoms with Crippen LogP contribution in [0.5, 0.6) is 0 Å². The Balaban J connectivity index is 1.70. The van der Waals surface area contributed by atoms with Gasteiger partial charge in [-0.05, 0) is 49.6 Å². The van der Waals surface area contributed by atoms with Crippen LogP contribution in [0, 0.1) is 0 Å². The Morgan fingerprint density at radius 2 is 2.15 bits per heavy atom. The van der Waals surface area contributed by atoms with Gasteiger partial charge in [0.05, 0.1) is 22.2 Å². The smallest absolute Gasteiger partial charge is 0.259 e. The molecule has 5 nitrogen and oxygen atoms in total. The normalized spacial score (nSPS) is 13.4. The molecule has 0 spiro atoms. The average molecular weight is 386 g/mol. The number of anilines is 1. The van der Waals surface area contributed by atoms with Gasteiger partial charge in [-0.3, -0.25) is 14.3 Å². The lowest BCUT2D eigenvalue weighted by Crippen LogP contribution is -2.14. The summed E-state index contributed by atoms with van der Waals surface area (Å²) in [6, 6.07) is 3.73. The fourth-order valence-corrected chi connectivity index (χ4v) is 5.21. The second-order valence-corrected chi connectivity index (χ2v) is 8.31. The van der Waals surface area contributed by atoms with Crippen molar-refractivity contribution in [2.24, 2.45) is 0 Å². The highest BCUT2D eigenvalue weighted by molar-refractivity contribution is 7.17. The molecule has 0 atom stereocenters. The molecule has 3 aromatic rings. The highest BCUT2D eigenvalue weighted by atomic mass is 32.1. The Labute approximate surface area is 159 Å². The first-order valence-electron chi connectivity index (χ1n) is 8.74. The van der Waals surface area contributed by atoms with Gasteiger partial charge in [0.15, 0.2) is 0 Å². The molecule has 7 heteroatoms. The van der Waals surface area contributed by atoms with E-state index in [1.807, 2.05) is 24.4 Å². The van der Waals surface area contributed by atoms with Gasteiger partial charge >= 0.3 is 0 Å². The van der Waals surface area contributed by atoms with Gasteiger partial charge in [-0.1, -0.05) is 6.07 Å². The second-order valence-electron chi connectivity index (χ2n) is 6.26. The molecule has 3 heterocycles. The third-order valence-electron chi connectivity index (χ3n) is 4.59. The maximum atomic E-state index is 13.1. The predicted octanol–water partition coefficient (Wildman–Crippen LogP) is 4.39. The zero-order chi connectivity index (χ0) is 18.1. The number of carbonyl (C=O) groups is 2. The van der Waals surface area contributed by atoms with Crippen molar-refractivity contribution in [2.45, 2.75) is 39.2 Å². The summed E-state index contributed by atoms with van der Waals surface area (Å²) in [6.07, 6.45) is 7.40. The lowest BCUT2D eigenvalue weighted by Gasteiger charge is -2.12. The summed E-state index contributed by atoms with van der Waals surface area (Å²) in [5.41, 5.74) is 2.32. The van der Waals surface area contributed by atoms with Crippen molar-refractivity contribution >= 4 is 39.4 Å². The number of rotatable bonds is 5. The molecule has 4 rings (SSSR count). The molecule has 1 amide bonds. The summed E-state index contributed by atoms with van der Waals surface area (Å²) >= 11 is 2.99. The number of fused-ring (bicyclic) bond motifs is 1. The molecule has 0 radical (unpaired) electrons. The van der Waals surface area contributed by atoms with Crippen molar-refractivity contribution in [1.82, 2.24) is 9.78 Å². The molecule has 1 aliphatic rings. The molecule has 0 saturated heterocycles. The SMILES string of the molecule is CCn1cc(C(=O)Nc2sc3c(c2C(=O)c2cccs2)CCCC3)cn1. The number of thiophene rings is 2. The summed E-state index contributed by atoms with van der Waals surface area (Å²) in [4.78, 5) is 27.7. The maximum Gasteiger partial charge on any atom is 0.259 e. The first kappa shape index (κ1) is 17.2. The van der Waals surface area contributed by atoms with Crippen LogP contribution in [0.3, 0.4) is 0 Å². The van der Waals surface area contributed by atoms with Gasteiger partial charge in [-0.15, -0.1) is 22.7 Å². The van der Waals surface area contributed by atoms with Gasteiger partial charge < -0.3 is 5.32 Å². The molecule has 3 aromatic heterocycles. The Morgan fingerprint density at radius 1 is 1.31 bits per heavy atom. The molecule has 0 unspecified atom stereocenters. The predicted molar refractivity (Wildman–Crippen MR) is 105 cm³/mol. The average Bonchev–Trinajstić information content (AvgIpc) is 3.39. The Morgan fingerprint density at radius 3 is 2.88 bits per heavy atom. The number of amides is 1. The number of hydrogen-bond donors (Lipinski definition) is 1. The van der Waals surface area contributed by atoms with E-state index in [-0.39, 0.29) is 11.7 Å². The van der Waals surface area contributed by atoms with Crippen molar-refractivity contribution in [3.05, 3.63) is 56.4 Å². The fraction of sp³-hybridized carbons (Fsp3) is 0.316. The zero-order valence-electron chi connectivity index (χ0n) is 14.4. The van der Waals surface area contributed by atoms with E-state index in [1.54, 1.807) is 28.4 Å². The van der Waals surface area contributed by atoms with E-state index in [0.29, 0.717) is 27.5 Å². The number of aryl methyl sites for hydroxylation is 2. The minimum Gasteiger partial charge on any atom is -0.313 e. The second kappa shape index (κ2) is 7.17. The summed E-state index contributed by atoms with van der Waals surface area (Å²) < 4.78 is 1.71. The van der Waals surface area contributed by atoms with E-state index in [4.69, 9.17) is 0 Å². The molecule has 134 valence electrons. The van der Waals surface area contributed by atoms with E-state index < -0.39 is 0 Å². The quantitative estimate of drug-likeness (QED) is 0.663. The van der Waals surface area contributed by atoms with Gasteiger partial charge in [0.25, 0.3) is 5.91 Å². The first-order chi connectivity index (χ1) is 12.7. The molecule has 1 aliphatic carbocycles. The standard InChI is InChI=1S/C19H19N3O2S2/c1-2-22-11-12(10-20-22)18(24)21-19-16(17(23)15-8-5-9-25-15)13-6-3-4-7-14(13)26-19/h5,8-11H,2-4,6-7H2,1H3,(H,21,24). The molecule has 0 fully saturated rings. The van der Waals surface area contributed by atoms with Crippen molar-refractivity contribution < 1.29 is 9.59 Å². The zero-order valence-corrected chi connectivity index (χ0v) is 16.1. The Bertz CT molecular complexity index is 954. The van der Waals surface area contributed by atoms with Crippen LogP contribution in [-0.2, 0) is 19.4 Å². The van der Waals surface area contributed by atoms with Gasteiger partial charge in [0, 0.05) is 17.6 Å². The number of nitrogens with one attached hydrogen (secondary N) is 1. The van der Waals surface area contributed by atoms with Crippen molar-refractivity contribution in [2.75, 3.05) is 5.32 Å². The summed E-state index contributed by atoms with van der Waals surface area (Å²) in [5, 5.41) is 9.71. The monoisotopic (exact) mass is 385 g/mol. The Hall–Kier alpha value is -2.25. The van der Waals surface area contributed by atoms with E-state index >= 15 is 0 Å². The molecule has 26 heavy (non-hydrogen) atoms. The summed E-state index contributed by atoms with van der Waals surface area (Å²) in [7, 11) is 0. The van der Waals surface area contributed by atoms with Crippen LogP contribution in [0.4, 0.5) is 5.00 Å². The maximum absolute atomic E-state index is 13.1. The summed E-state index contributed by atoms with van der Waals surface area (Å²) in [5.74, 6) is -0.206. The van der Waals surface area contributed by atoms with Crippen LogP contribution in [-0.4, -0.2) is 21.5 Å². The van der Waals surface area contributed by atoms with Crippen molar-refractivity contribution in [1.29, 1.82) is 0 Å². The topological polar surface area (TPSA) is 64.0 Å². The lowest BCUT2D eigenvalue weighted by atomic mass is 9.93. The van der Waals surface area contributed by atoms with Crippen LogP contribution in [0.15, 0.2) is 29.9 Å². The summed E-state index contributed by atoms with van der Waals surface area (Å²) in [6.45, 7) is 2.68. The largest absolute Gasteiger partial charge is 0.313 e. The van der Waals surface area contributed by atoms with Crippen LogP contribution in [0.1, 0.15) is 55.8 Å². The molecule has 0 aromatic carbocycles. The van der Waals surface area contributed by atoms with E-state index in [0.717, 1.165) is 31.2 Å². The minimum absolute atomic E-state index is 0.0129. The molecule has 0 bridgehead atoms. The number of hydrogen-bond acceptors (Lipinski definition) is 5. The number of nitrogens with zero attached hydrogens (tertiary/aromatic N) is 2. The molecule has 0 aliphatic heterocycles. The number of carbonyl (C=O) groups excluding carboxylic acids is 2. The number of aromatic nitrogens is 2. The Kier molecular flexibility index (Phi) is 4.74. The third kappa shape index (κ3) is 3.12. The lowest BCUT2D eigenvalue weighted by molar-refractivity contribution is 0.102.